The van der Waals surface area contributed by atoms with Gasteiger partial charge in [0.05, 0.1) is 27.5 Å². The summed E-state index contributed by atoms with van der Waals surface area (Å²) in [6.45, 7) is 0. The summed E-state index contributed by atoms with van der Waals surface area (Å²) in [4.78, 5) is 33.0. The van der Waals surface area contributed by atoms with Crippen molar-refractivity contribution in [1.82, 2.24) is 15.4 Å². The van der Waals surface area contributed by atoms with Gasteiger partial charge in [-0.15, -0.1) is 11.3 Å². The molecule has 28 heavy (non-hydrogen) atoms. The van der Waals surface area contributed by atoms with Gasteiger partial charge >= 0.3 is 0 Å². The number of fused-ring (bicyclic) bond motifs is 5. The van der Waals surface area contributed by atoms with Gasteiger partial charge in [0.1, 0.15) is 0 Å². The highest BCUT2D eigenvalue weighted by Gasteiger charge is 2.46. The van der Waals surface area contributed by atoms with E-state index in [4.69, 9.17) is 5.21 Å². The molecule has 2 N–H and O–H groups in total. The molecule has 0 spiro atoms. The topological polar surface area (TPSA) is 82.5 Å². The van der Waals surface area contributed by atoms with E-state index in [-0.39, 0.29) is 18.0 Å². The summed E-state index contributed by atoms with van der Waals surface area (Å²) >= 11 is 1.45. The van der Waals surface area contributed by atoms with Crippen molar-refractivity contribution >= 4 is 23.2 Å². The molecule has 6 nitrogen and oxygen atoms in total. The van der Waals surface area contributed by atoms with Gasteiger partial charge < -0.3 is 4.90 Å². The first-order valence-corrected chi connectivity index (χ1v) is 9.91. The Bertz CT molecular complexity index is 1080. The first-order valence-electron chi connectivity index (χ1n) is 9.09. The second-order valence-electron chi connectivity index (χ2n) is 6.98. The van der Waals surface area contributed by atoms with Crippen LogP contribution in [0.1, 0.15) is 56.1 Å². The molecule has 7 heteroatoms. The van der Waals surface area contributed by atoms with Gasteiger partial charge in [-0.2, -0.15) is 0 Å². The molecule has 4 heterocycles. The smallest absolute Gasteiger partial charge is 0.274 e. The van der Waals surface area contributed by atoms with Crippen LogP contribution in [0.4, 0.5) is 0 Å². The van der Waals surface area contributed by atoms with E-state index in [1.165, 1.54) is 11.3 Å². The van der Waals surface area contributed by atoms with Gasteiger partial charge in [-0.05, 0) is 60.4 Å². The molecule has 0 radical (unpaired) electrons. The van der Waals surface area contributed by atoms with Gasteiger partial charge in [0, 0.05) is 11.8 Å². The summed E-state index contributed by atoms with van der Waals surface area (Å²) in [5.41, 5.74) is 5.03. The molecule has 0 aliphatic carbocycles. The Morgan fingerprint density at radius 3 is 2.64 bits per heavy atom. The molecule has 3 aromatic rings. The van der Waals surface area contributed by atoms with Crippen LogP contribution in [0.15, 0.2) is 54.7 Å². The normalized spacial score (nSPS) is 19.5. The van der Waals surface area contributed by atoms with Gasteiger partial charge in [0.15, 0.2) is 0 Å². The molecule has 1 fully saturated rings. The summed E-state index contributed by atoms with van der Waals surface area (Å²) in [7, 11) is 0. The van der Waals surface area contributed by atoms with Crippen LogP contribution >= 0.6 is 11.3 Å². The van der Waals surface area contributed by atoms with Crippen molar-refractivity contribution in [1.29, 1.82) is 0 Å². The predicted molar refractivity (Wildman–Crippen MR) is 104 cm³/mol. The van der Waals surface area contributed by atoms with Gasteiger partial charge in [-0.3, -0.25) is 19.8 Å². The fourth-order valence-electron chi connectivity index (χ4n) is 4.30. The fourth-order valence-corrected chi connectivity index (χ4v) is 5.23. The lowest BCUT2D eigenvalue weighted by atomic mass is 9.90. The maximum atomic E-state index is 13.3. The minimum atomic E-state index is -0.540. The number of hydrogen-bond donors (Lipinski definition) is 2. The number of nitrogens with zero attached hydrogens (tertiary/aromatic N) is 2. The number of rotatable bonds is 3. The highest BCUT2D eigenvalue weighted by molar-refractivity contribution is 7.17. The van der Waals surface area contributed by atoms with E-state index in [0.717, 1.165) is 34.5 Å². The van der Waals surface area contributed by atoms with Crippen molar-refractivity contribution in [3.63, 3.8) is 0 Å². The van der Waals surface area contributed by atoms with E-state index in [2.05, 4.69) is 4.98 Å². The molecule has 1 aromatic carbocycles. The number of nitrogens with one attached hydrogen (secondary N) is 1. The van der Waals surface area contributed by atoms with E-state index < -0.39 is 5.91 Å². The zero-order valence-corrected chi connectivity index (χ0v) is 15.6. The molecule has 2 aliphatic heterocycles. The van der Waals surface area contributed by atoms with Crippen molar-refractivity contribution < 1.29 is 14.8 Å². The molecular formula is C21H17N3O3S. The van der Waals surface area contributed by atoms with E-state index in [1.54, 1.807) is 23.8 Å². The molecular weight excluding hydrogens is 374 g/mol. The first-order chi connectivity index (χ1) is 13.7. The number of pyridine rings is 1. The molecule has 1 saturated heterocycles. The number of amides is 2. The zero-order chi connectivity index (χ0) is 19.3. The maximum Gasteiger partial charge on any atom is 0.274 e. The van der Waals surface area contributed by atoms with Crippen LogP contribution in [-0.4, -0.2) is 26.9 Å². The van der Waals surface area contributed by atoms with Crippen LogP contribution in [0.2, 0.25) is 0 Å². The van der Waals surface area contributed by atoms with Crippen molar-refractivity contribution in [3.8, 4) is 10.6 Å². The monoisotopic (exact) mass is 391 g/mol. The predicted octanol–water partition coefficient (Wildman–Crippen LogP) is 3.96. The number of aromatic nitrogens is 1. The Morgan fingerprint density at radius 2 is 1.89 bits per heavy atom. The minimum Gasteiger partial charge on any atom is -0.324 e. The second-order valence-corrected chi connectivity index (χ2v) is 8.07. The molecule has 2 aromatic heterocycles. The van der Waals surface area contributed by atoms with E-state index in [0.29, 0.717) is 10.4 Å². The lowest BCUT2D eigenvalue weighted by molar-refractivity contribution is 0.0700. The molecule has 2 amide bonds. The van der Waals surface area contributed by atoms with Gasteiger partial charge in [0.2, 0.25) is 0 Å². The molecule has 140 valence electrons. The second kappa shape index (κ2) is 6.54. The number of hydrogen-bond acceptors (Lipinski definition) is 5. The van der Waals surface area contributed by atoms with Crippen molar-refractivity contribution in [2.45, 2.75) is 24.9 Å². The number of benzene rings is 1. The SMILES string of the molecule is O=C(NO)c1ccc2c(c1)C1CCC2N1C(=O)c1ccc(-c2ccccn2)s1. The minimum absolute atomic E-state index is 0.0176. The highest BCUT2D eigenvalue weighted by atomic mass is 32.1. The number of carbonyl (C=O) groups is 2. The highest BCUT2D eigenvalue weighted by Crippen LogP contribution is 2.54. The molecule has 2 aliphatic rings. The zero-order valence-electron chi connectivity index (χ0n) is 14.8. The van der Waals surface area contributed by atoms with Crippen LogP contribution < -0.4 is 5.48 Å². The summed E-state index contributed by atoms with van der Waals surface area (Å²) < 4.78 is 0. The van der Waals surface area contributed by atoms with Gasteiger partial charge in [0.25, 0.3) is 11.8 Å². The quantitative estimate of drug-likeness (QED) is 0.523. The molecule has 5 rings (SSSR count). The van der Waals surface area contributed by atoms with E-state index in [1.807, 2.05) is 41.3 Å². The molecule has 2 atom stereocenters. The van der Waals surface area contributed by atoms with Gasteiger partial charge in [-0.1, -0.05) is 12.1 Å². The van der Waals surface area contributed by atoms with E-state index in [9.17, 15) is 9.59 Å². The van der Waals surface area contributed by atoms with Crippen molar-refractivity contribution in [3.05, 3.63) is 76.3 Å². The molecule has 2 unspecified atom stereocenters. The third-order valence-corrected chi connectivity index (χ3v) is 6.62. The Morgan fingerprint density at radius 1 is 1.07 bits per heavy atom. The lowest BCUT2D eigenvalue weighted by Crippen LogP contribution is -2.27. The largest absolute Gasteiger partial charge is 0.324 e. The Hall–Kier alpha value is -3.03. The number of thiophene rings is 1. The van der Waals surface area contributed by atoms with Crippen LogP contribution in [0.25, 0.3) is 10.6 Å². The van der Waals surface area contributed by atoms with Crippen LogP contribution in [0, 0.1) is 0 Å². The van der Waals surface area contributed by atoms with E-state index >= 15 is 0 Å². The van der Waals surface area contributed by atoms with Crippen LogP contribution in [0.5, 0.6) is 0 Å². The van der Waals surface area contributed by atoms with Crippen LogP contribution in [-0.2, 0) is 0 Å². The Balaban J connectivity index is 1.45. The number of hydroxylamine groups is 1. The average molecular weight is 391 g/mol. The summed E-state index contributed by atoms with van der Waals surface area (Å²) in [6.07, 6.45) is 3.55. The number of carbonyl (C=O) groups excluding carboxylic acids is 2. The Kier molecular flexibility index (Phi) is 3.99. The summed E-state index contributed by atoms with van der Waals surface area (Å²) in [5, 5.41) is 8.89. The first kappa shape index (κ1) is 17.1. The average Bonchev–Trinajstić information content (AvgIpc) is 3.47. The Labute approximate surface area is 165 Å². The van der Waals surface area contributed by atoms with Gasteiger partial charge in [-0.25, -0.2) is 5.48 Å². The lowest BCUT2D eigenvalue weighted by Gasteiger charge is -2.21. The molecule has 0 saturated carbocycles. The standard InChI is InChI=1S/C21H17N3O3S/c25-20(23-27)12-4-5-13-14(11-12)17-7-6-16(13)24(17)21(26)19-9-8-18(28-19)15-3-1-2-10-22-15/h1-5,8-11,16-17,27H,6-7H2,(H,23,25). The third kappa shape index (κ3) is 2.55. The van der Waals surface area contributed by atoms with Crippen molar-refractivity contribution in [2.75, 3.05) is 0 Å². The summed E-state index contributed by atoms with van der Waals surface area (Å²) in [6, 6.07) is 14.9. The van der Waals surface area contributed by atoms with Crippen LogP contribution in [0.3, 0.4) is 0 Å². The van der Waals surface area contributed by atoms with Crippen molar-refractivity contribution in [2.24, 2.45) is 0 Å². The summed E-state index contributed by atoms with van der Waals surface area (Å²) in [5.74, 6) is -0.522. The molecule has 2 bridgehead atoms. The fraction of sp³-hybridized carbons (Fsp3) is 0.190. The maximum absolute atomic E-state index is 13.3. The third-order valence-electron chi connectivity index (χ3n) is 5.52.